The van der Waals surface area contributed by atoms with Crippen molar-refractivity contribution in [1.82, 2.24) is 10.3 Å². The number of allylic oxidation sites excluding steroid dienone is 1. The smallest absolute Gasteiger partial charge is 0.131 e. The number of nitrogens with zero attached hydrogens (tertiary/aromatic N) is 2. The lowest BCUT2D eigenvalue weighted by atomic mass is 10.0. The predicted molar refractivity (Wildman–Crippen MR) is 97.9 cm³/mol. The Balaban J connectivity index is 3.11. The maximum Gasteiger partial charge on any atom is 0.131 e. The molecular formula is C19H26FN3. The Labute approximate surface area is 138 Å². The summed E-state index contributed by atoms with van der Waals surface area (Å²) >= 11 is 0. The van der Waals surface area contributed by atoms with Crippen LogP contribution in [0.4, 0.5) is 4.39 Å². The van der Waals surface area contributed by atoms with Crippen molar-refractivity contribution in [1.29, 1.82) is 0 Å². The van der Waals surface area contributed by atoms with E-state index in [0.717, 1.165) is 29.8 Å². The minimum absolute atomic E-state index is 0.0358. The van der Waals surface area contributed by atoms with Crippen LogP contribution in [0.25, 0.3) is 6.08 Å². The van der Waals surface area contributed by atoms with Crippen LogP contribution in [0, 0.1) is 5.82 Å². The first kappa shape index (κ1) is 18.7. The third-order valence-electron chi connectivity index (χ3n) is 3.77. The van der Waals surface area contributed by atoms with Crippen molar-refractivity contribution in [3.05, 3.63) is 66.7 Å². The van der Waals surface area contributed by atoms with Gasteiger partial charge in [0.15, 0.2) is 0 Å². The standard InChI is InChI=1S/C19H26FN3/c1-7-9-13-19(15(4)21-5)23(6)22-14(3)17-11-10-12-18(20)16(17)8-2/h7-8,10-12,19,21H,1-2,4,9,13H2,3,5-6H3/b22-14-. The third kappa shape index (κ3) is 4.81. The molecule has 4 heteroatoms. The number of rotatable bonds is 9. The molecule has 1 aromatic rings. The van der Waals surface area contributed by atoms with Crippen LogP contribution >= 0.6 is 0 Å². The molecule has 0 heterocycles. The third-order valence-corrected chi connectivity index (χ3v) is 3.77. The second kappa shape index (κ2) is 8.93. The zero-order chi connectivity index (χ0) is 17.4. The maximum atomic E-state index is 13.9. The molecule has 0 radical (unpaired) electrons. The number of nitrogens with one attached hydrogen (secondary N) is 1. The number of benzene rings is 1. The molecule has 0 aliphatic carbocycles. The largest absolute Gasteiger partial charge is 0.390 e. The summed E-state index contributed by atoms with van der Waals surface area (Å²) in [5.74, 6) is -0.294. The first-order chi connectivity index (χ1) is 11.0. The molecule has 1 aromatic carbocycles. The highest BCUT2D eigenvalue weighted by Crippen LogP contribution is 2.18. The molecule has 1 atom stereocenters. The summed E-state index contributed by atoms with van der Waals surface area (Å²) in [5, 5.41) is 9.56. The Kier molecular flexibility index (Phi) is 7.26. The minimum Gasteiger partial charge on any atom is -0.390 e. The molecule has 1 N–H and O–H groups in total. The second-order valence-corrected chi connectivity index (χ2v) is 5.32. The quantitative estimate of drug-likeness (QED) is 0.420. The molecule has 0 saturated heterocycles. The van der Waals surface area contributed by atoms with Gasteiger partial charge in [0.05, 0.1) is 11.8 Å². The van der Waals surface area contributed by atoms with Gasteiger partial charge >= 0.3 is 0 Å². The molecular weight excluding hydrogens is 289 g/mol. The van der Waals surface area contributed by atoms with Gasteiger partial charge in [-0.25, -0.2) is 4.39 Å². The average molecular weight is 315 g/mol. The summed E-state index contributed by atoms with van der Waals surface area (Å²) in [4.78, 5) is 0. The molecule has 124 valence electrons. The highest BCUT2D eigenvalue weighted by molar-refractivity contribution is 6.01. The normalized spacial score (nSPS) is 12.4. The van der Waals surface area contributed by atoms with Gasteiger partial charge in [0.1, 0.15) is 5.82 Å². The fraction of sp³-hybridized carbons (Fsp3) is 0.316. The van der Waals surface area contributed by atoms with Crippen molar-refractivity contribution in [3.63, 3.8) is 0 Å². The summed E-state index contributed by atoms with van der Waals surface area (Å²) in [6.07, 6.45) is 5.12. The van der Waals surface area contributed by atoms with E-state index in [4.69, 9.17) is 0 Å². The number of likely N-dealkylation sites (N-methyl/N-ethyl adjacent to an activating group) is 2. The van der Waals surface area contributed by atoms with Gasteiger partial charge in [0, 0.05) is 30.9 Å². The molecule has 0 saturated carbocycles. The van der Waals surface area contributed by atoms with Crippen LogP contribution in [0.15, 0.2) is 54.8 Å². The number of hydrogen-bond acceptors (Lipinski definition) is 3. The van der Waals surface area contributed by atoms with Gasteiger partial charge in [0.25, 0.3) is 0 Å². The van der Waals surface area contributed by atoms with Gasteiger partial charge in [-0.05, 0) is 25.8 Å². The van der Waals surface area contributed by atoms with Crippen LogP contribution in [0.5, 0.6) is 0 Å². The lowest BCUT2D eigenvalue weighted by Gasteiger charge is -2.28. The van der Waals surface area contributed by atoms with Crippen LogP contribution in [0.2, 0.25) is 0 Å². The van der Waals surface area contributed by atoms with E-state index >= 15 is 0 Å². The van der Waals surface area contributed by atoms with E-state index in [0.29, 0.717) is 5.56 Å². The summed E-state index contributed by atoms with van der Waals surface area (Å²) in [6.45, 7) is 13.4. The van der Waals surface area contributed by atoms with Crippen molar-refractivity contribution >= 4 is 11.8 Å². The van der Waals surface area contributed by atoms with Gasteiger partial charge in [-0.1, -0.05) is 37.4 Å². The number of hydrazone groups is 1. The maximum absolute atomic E-state index is 13.9. The molecule has 0 aliphatic heterocycles. The van der Waals surface area contributed by atoms with Crippen LogP contribution in [-0.2, 0) is 0 Å². The fourth-order valence-electron chi connectivity index (χ4n) is 2.45. The van der Waals surface area contributed by atoms with Gasteiger partial charge in [0.2, 0.25) is 0 Å². The first-order valence-electron chi connectivity index (χ1n) is 7.63. The molecule has 0 spiro atoms. The van der Waals surface area contributed by atoms with Gasteiger partial charge < -0.3 is 5.32 Å². The molecule has 1 rings (SSSR count). The molecule has 0 aliphatic rings. The predicted octanol–water partition coefficient (Wildman–Crippen LogP) is 4.19. The topological polar surface area (TPSA) is 27.6 Å². The number of hydrogen-bond donors (Lipinski definition) is 1. The summed E-state index contributed by atoms with van der Waals surface area (Å²) in [6, 6.07) is 4.98. The van der Waals surface area contributed by atoms with Crippen molar-refractivity contribution < 1.29 is 4.39 Å². The average Bonchev–Trinajstić information content (AvgIpc) is 2.54. The molecule has 0 aromatic heterocycles. The molecule has 0 bridgehead atoms. The Morgan fingerprint density at radius 3 is 2.70 bits per heavy atom. The lowest BCUT2D eigenvalue weighted by molar-refractivity contribution is 0.267. The van der Waals surface area contributed by atoms with E-state index in [9.17, 15) is 4.39 Å². The first-order valence-corrected chi connectivity index (χ1v) is 7.63. The molecule has 0 fully saturated rings. The van der Waals surface area contributed by atoms with Crippen LogP contribution < -0.4 is 5.32 Å². The Morgan fingerprint density at radius 1 is 1.43 bits per heavy atom. The van der Waals surface area contributed by atoms with E-state index in [-0.39, 0.29) is 11.9 Å². The SMILES string of the molecule is C=CCCC(C(=C)NC)N(C)/N=C(/C)c1cccc(F)c1C=C. The molecule has 0 amide bonds. The van der Waals surface area contributed by atoms with E-state index in [1.165, 1.54) is 12.1 Å². The fourth-order valence-corrected chi connectivity index (χ4v) is 2.45. The van der Waals surface area contributed by atoms with Crippen LogP contribution in [0.1, 0.15) is 30.9 Å². The second-order valence-electron chi connectivity index (χ2n) is 5.32. The summed E-state index contributed by atoms with van der Waals surface area (Å²) < 4.78 is 13.9. The molecule has 3 nitrogen and oxygen atoms in total. The monoisotopic (exact) mass is 315 g/mol. The van der Waals surface area contributed by atoms with Gasteiger partial charge in [-0.15, -0.1) is 6.58 Å². The molecule has 1 unspecified atom stereocenters. The molecule has 23 heavy (non-hydrogen) atoms. The van der Waals surface area contributed by atoms with Crippen molar-refractivity contribution in [2.45, 2.75) is 25.8 Å². The van der Waals surface area contributed by atoms with E-state index in [1.54, 1.807) is 6.07 Å². The van der Waals surface area contributed by atoms with Gasteiger partial charge in [-0.2, -0.15) is 5.10 Å². The highest BCUT2D eigenvalue weighted by atomic mass is 19.1. The lowest BCUT2D eigenvalue weighted by Crippen LogP contribution is -2.34. The Morgan fingerprint density at radius 2 is 2.13 bits per heavy atom. The Hall–Kier alpha value is -2.36. The highest BCUT2D eigenvalue weighted by Gasteiger charge is 2.16. The summed E-state index contributed by atoms with van der Waals surface area (Å²) in [5.41, 5.74) is 2.82. The van der Waals surface area contributed by atoms with Gasteiger partial charge in [-0.3, -0.25) is 5.01 Å². The van der Waals surface area contributed by atoms with E-state index in [2.05, 4.69) is 30.2 Å². The minimum atomic E-state index is -0.294. The van der Waals surface area contributed by atoms with E-state index < -0.39 is 0 Å². The van der Waals surface area contributed by atoms with Crippen molar-refractivity contribution in [2.75, 3.05) is 14.1 Å². The zero-order valence-corrected chi connectivity index (χ0v) is 14.3. The zero-order valence-electron chi connectivity index (χ0n) is 14.3. The summed E-state index contributed by atoms with van der Waals surface area (Å²) in [7, 11) is 3.74. The van der Waals surface area contributed by atoms with E-state index in [1.807, 2.05) is 38.2 Å². The van der Waals surface area contributed by atoms with Crippen molar-refractivity contribution in [3.8, 4) is 0 Å². The van der Waals surface area contributed by atoms with Crippen LogP contribution in [-0.4, -0.2) is 30.9 Å². The number of halogens is 1. The Bertz CT molecular complexity index is 605. The van der Waals surface area contributed by atoms with Crippen molar-refractivity contribution in [2.24, 2.45) is 5.10 Å². The van der Waals surface area contributed by atoms with Crippen LogP contribution in [0.3, 0.4) is 0 Å².